The molecule has 0 aliphatic rings. The first-order chi connectivity index (χ1) is 9.65. The Kier molecular flexibility index (Phi) is 5.90. The van der Waals surface area contributed by atoms with Gasteiger partial charge in [0.15, 0.2) is 0 Å². The number of carboxylic acids is 1. The summed E-state index contributed by atoms with van der Waals surface area (Å²) in [5.41, 5.74) is 7.41. The molecule has 116 valence electrons. The number of hydrogen-bond acceptors (Lipinski definition) is 3. The summed E-state index contributed by atoms with van der Waals surface area (Å²) < 4.78 is 0. The van der Waals surface area contributed by atoms with E-state index in [1.807, 2.05) is 0 Å². The van der Waals surface area contributed by atoms with Crippen molar-refractivity contribution >= 4 is 17.6 Å². The lowest BCUT2D eigenvalue weighted by atomic mass is 9.87. The van der Waals surface area contributed by atoms with Crippen LogP contribution in [-0.4, -0.2) is 23.0 Å². The van der Waals surface area contributed by atoms with Gasteiger partial charge in [-0.25, -0.2) is 0 Å². The Bertz CT molecular complexity index is 489. The molecular weight excluding hydrogens is 268 g/mol. The molecule has 5 heteroatoms. The maximum Gasteiger partial charge on any atom is 0.307 e. The highest BCUT2D eigenvalue weighted by Crippen LogP contribution is 2.21. The van der Waals surface area contributed by atoms with E-state index in [4.69, 9.17) is 10.8 Å². The molecule has 0 spiro atoms. The van der Waals surface area contributed by atoms with Gasteiger partial charge >= 0.3 is 5.97 Å². The fourth-order valence-electron chi connectivity index (χ4n) is 2.19. The number of carboxylic acid groups (broad SMARTS) is 1. The van der Waals surface area contributed by atoms with Crippen molar-refractivity contribution in [1.29, 1.82) is 0 Å². The first-order valence-electron chi connectivity index (χ1n) is 7.02. The average Bonchev–Trinajstić information content (AvgIpc) is 2.28. The summed E-state index contributed by atoms with van der Waals surface area (Å²) in [7, 11) is 0. The molecule has 5 nitrogen and oxygen atoms in total. The van der Waals surface area contributed by atoms with Crippen molar-refractivity contribution in [2.24, 2.45) is 11.1 Å². The van der Waals surface area contributed by atoms with E-state index >= 15 is 0 Å². The lowest BCUT2D eigenvalue weighted by molar-refractivity contribution is -0.136. The van der Waals surface area contributed by atoms with Crippen LogP contribution in [0.1, 0.15) is 39.2 Å². The third kappa shape index (κ3) is 7.46. The second kappa shape index (κ2) is 7.22. The zero-order chi connectivity index (χ0) is 16.0. The second-order valence-corrected chi connectivity index (χ2v) is 6.54. The van der Waals surface area contributed by atoms with Gasteiger partial charge in [-0.1, -0.05) is 32.9 Å². The molecule has 1 rings (SSSR count). The Labute approximate surface area is 125 Å². The van der Waals surface area contributed by atoms with Crippen molar-refractivity contribution < 1.29 is 14.7 Å². The largest absolute Gasteiger partial charge is 0.481 e. The smallest absolute Gasteiger partial charge is 0.307 e. The minimum Gasteiger partial charge on any atom is -0.481 e. The quantitative estimate of drug-likeness (QED) is 0.750. The molecular formula is C16H24N2O3. The Morgan fingerprint density at radius 2 is 1.81 bits per heavy atom. The highest BCUT2D eigenvalue weighted by atomic mass is 16.4. The number of nitrogens with one attached hydrogen (secondary N) is 1. The van der Waals surface area contributed by atoms with Crippen LogP contribution in [0.15, 0.2) is 24.3 Å². The second-order valence-electron chi connectivity index (χ2n) is 6.54. The van der Waals surface area contributed by atoms with E-state index in [-0.39, 0.29) is 30.2 Å². The van der Waals surface area contributed by atoms with Gasteiger partial charge in [0.25, 0.3) is 0 Å². The average molecular weight is 292 g/mol. The summed E-state index contributed by atoms with van der Waals surface area (Å²) in [6.45, 7) is 6.27. The van der Waals surface area contributed by atoms with Gasteiger partial charge in [0.1, 0.15) is 0 Å². The van der Waals surface area contributed by atoms with E-state index in [9.17, 15) is 9.59 Å². The molecule has 1 atom stereocenters. The lowest BCUT2D eigenvalue weighted by Gasteiger charge is -2.22. The van der Waals surface area contributed by atoms with Gasteiger partial charge in [-0.05, 0) is 29.5 Å². The van der Waals surface area contributed by atoms with Crippen LogP contribution in [0, 0.1) is 5.41 Å². The molecule has 0 aliphatic carbocycles. The van der Waals surface area contributed by atoms with Gasteiger partial charge in [0, 0.05) is 18.2 Å². The summed E-state index contributed by atoms with van der Waals surface area (Å²) in [6.07, 6.45) is 1.02. The van der Waals surface area contributed by atoms with E-state index in [0.717, 1.165) is 6.42 Å². The summed E-state index contributed by atoms with van der Waals surface area (Å²) in [6, 6.07) is 6.62. The van der Waals surface area contributed by atoms with Crippen molar-refractivity contribution in [1.82, 2.24) is 0 Å². The summed E-state index contributed by atoms with van der Waals surface area (Å²) in [5.74, 6) is -1.00. The molecule has 1 aromatic carbocycles. The van der Waals surface area contributed by atoms with E-state index < -0.39 is 5.97 Å². The molecule has 0 heterocycles. The van der Waals surface area contributed by atoms with Crippen molar-refractivity contribution in [2.45, 2.75) is 46.1 Å². The fraction of sp³-hybridized carbons (Fsp3) is 0.500. The number of rotatable bonds is 6. The number of carbonyl (C=O) groups is 2. The van der Waals surface area contributed by atoms with Gasteiger partial charge in [0.05, 0.1) is 6.42 Å². The van der Waals surface area contributed by atoms with Crippen molar-refractivity contribution in [2.75, 3.05) is 5.32 Å². The number of hydrogen-bond donors (Lipinski definition) is 3. The molecule has 0 aliphatic heterocycles. The Balaban J connectivity index is 2.49. The maximum absolute atomic E-state index is 11.9. The SMILES string of the molecule is CC(C)(C)CC(N)CC(=O)Nc1ccc(CC(=O)O)cc1. The Morgan fingerprint density at radius 3 is 2.29 bits per heavy atom. The van der Waals surface area contributed by atoms with Crippen LogP contribution in [0.25, 0.3) is 0 Å². The third-order valence-electron chi connectivity index (χ3n) is 2.92. The molecule has 1 aromatic rings. The number of amides is 1. The summed E-state index contributed by atoms with van der Waals surface area (Å²) >= 11 is 0. The molecule has 0 radical (unpaired) electrons. The third-order valence-corrected chi connectivity index (χ3v) is 2.92. The number of carbonyl (C=O) groups excluding carboxylic acids is 1. The van der Waals surface area contributed by atoms with Gasteiger partial charge in [0.2, 0.25) is 5.91 Å². The number of anilines is 1. The van der Waals surface area contributed by atoms with E-state index in [1.165, 1.54) is 0 Å². The summed E-state index contributed by atoms with van der Waals surface area (Å²) in [5, 5.41) is 11.5. The number of nitrogens with two attached hydrogens (primary N) is 1. The van der Waals surface area contributed by atoms with Crippen LogP contribution in [0.2, 0.25) is 0 Å². The summed E-state index contributed by atoms with van der Waals surface area (Å²) in [4.78, 5) is 22.5. The van der Waals surface area contributed by atoms with Gasteiger partial charge in [-0.3, -0.25) is 9.59 Å². The topological polar surface area (TPSA) is 92.4 Å². The Morgan fingerprint density at radius 1 is 1.24 bits per heavy atom. The standard InChI is InChI=1S/C16H24N2O3/c1-16(2,3)10-12(17)9-14(19)18-13-6-4-11(5-7-13)8-15(20)21/h4-7,12H,8-10,17H2,1-3H3,(H,18,19)(H,20,21). The zero-order valence-corrected chi connectivity index (χ0v) is 12.8. The molecule has 0 saturated carbocycles. The predicted molar refractivity (Wildman–Crippen MR) is 83.1 cm³/mol. The lowest BCUT2D eigenvalue weighted by Crippen LogP contribution is -2.31. The van der Waals surface area contributed by atoms with Crippen molar-refractivity contribution in [3.63, 3.8) is 0 Å². The van der Waals surface area contributed by atoms with Crippen LogP contribution in [0.3, 0.4) is 0 Å². The van der Waals surface area contributed by atoms with Gasteiger partial charge in [-0.2, -0.15) is 0 Å². The van der Waals surface area contributed by atoms with Crippen LogP contribution < -0.4 is 11.1 Å². The fourth-order valence-corrected chi connectivity index (χ4v) is 2.19. The first kappa shape index (κ1) is 17.2. The minimum absolute atomic E-state index is 0.0231. The molecule has 0 saturated heterocycles. The van der Waals surface area contributed by atoms with Crippen molar-refractivity contribution in [3.05, 3.63) is 29.8 Å². The highest BCUT2D eigenvalue weighted by molar-refractivity contribution is 5.91. The molecule has 1 amide bonds. The van der Waals surface area contributed by atoms with Crippen LogP contribution in [0.4, 0.5) is 5.69 Å². The normalized spacial score (nSPS) is 12.8. The van der Waals surface area contributed by atoms with E-state index in [2.05, 4.69) is 26.1 Å². The maximum atomic E-state index is 11.9. The monoisotopic (exact) mass is 292 g/mol. The molecule has 0 aromatic heterocycles. The molecule has 0 fully saturated rings. The van der Waals surface area contributed by atoms with E-state index in [0.29, 0.717) is 11.3 Å². The van der Waals surface area contributed by atoms with Crippen LogP contribution in [0.5, 0.6) is 0 Å². The molecule has 1 unspecified atom stereocenters. The number of benzene rings is 1. The minimum atomic E-state index is -0.875. The predicted octanol–water partition coefficient (Wildman–Crippen LogP) is 2.41. The van der Waals surface area contributed by atoms with E-state index in [1.54, 1.807) is 24.3 Å². The van der Waals surface area contributed by atoms with Crippen molar-refractivity contribution in [3.8, 4) is 0 Å². The van der Waals surface area contributed by atoms with Gasteiger partial charge in [-0.15, -0.1) is 0 Å². The first-order valence-corrected chi connectivity index (χ1v) is 7.02. The molecule has 21 heavy (non-hydrogen) atoms. The molecule has 0 bridgehead atoms. The Hall–Kier alpha value is -1.88. The van der Waals surface area contributed by atoms with Gasteiger partial charge < -0.3 is 16.2 Å². The van der Waals surface area contributed by atoms with Crippen LogP contribution in [-0.2, 0) is 16.0 Å². The number of aliphatic carboxylic acids is 1. The van der Waals surface area contributed by atoms with Crippen LogP contribution >= 0.6 is 0 Å². The molecule has 4 N–H and O–H groups in total. The zero-order valence-electron chi connectivity index (χ0n) is 12.8. The highest BCUT2D eigenvalue weighted by Gasteiger charge is 2.18.